The molecule has 0 unspecified atom stereocenters. The smallest absolute Gasteiger partial charge is 0.317 e. The molecular formula is C21H28N4O2. The van der Waals surface area contributed by atoms with Crippen LogP contribution in [-0.2, 0) is 13.1 Å². The van der Waals surface area contributed by atoms with Gasteiger partial charge in [0.2, 0.25) is 5.88 Å². The zero-order valence-electron chi connectivity index (χ0n) is 16.3. The highest BCUT2D eigenvalue weighted by Gasteiger charge is 2.22. The Kier molecular flexibility index (Phi) is 6.16. The summed E-state index contributed by atoms with van der Waals surface area (Å²) in [6.07, 6.45) is 4.28. The van der Waals surface area contributed by atoms with Crippen molar-refractivity contribution in [3.05, 3.63) is 53.7 Å². The maximum atomic E-state index is 12.3. The summed E-state index contributed by atoms with van der Waals surface area (Å²) in [7, 11) is 5.81. The first-order chi connectivity index (χ1) is 13.0. The van der Waals surface area contributed by atoms with E-state index in [0.717, 1.165) is 23.4 Å². The van der Waals surface area contributed by atoms with E-state index in [1.165, 1.54) is 12.8 Å². The highest BCUT2D eigenvalue weighted by Crippen LogP contribution is 2.29. The van der Waals surface area contributed by atoms with Crippen LogP contribution in [0.2, 0.25) is 0 Å². The average molecular weight is 368 g/mol. The van der Waals surface area contributed by atoms with Crippen molar-refractivity contribution in [2.75, 3.05) is 32.6 Å². The second-order valence-corrected chi connectivity index (χ2v) is 7.33. The number of hydrogen-bond donors (Lipinski definition) is 1. The third-order valence-corrected chi connectivity index (χ3v) is 4.62. The van der Waals surface area contributed by atoms with Gasteiger partial charge in [0.1, 0.15) is 0 Å². The number of benzene rings is 1. The molecule has 0 radical (unpaired) electrons. The molecule has 1 N–H and O–H groups in total. The van der Waals surface area contributed by atoms with Crippen molar-refractivity contribution >= 4 is 11.7 Å². The Morgan fingerprint density at radius 3 is 2.41 bits per heavy atom. The lowest BCUT2D eigenvalue weighted by Gasteiger charge is -2.19. The van der Waals surface area contributed by atoms with Gasteiger partial charge in [0, 0.05) is 52.2 Å². The summed E-state index contributed by atoms with van der Waals surface area (Å²) in [6.45, 7) is 1.76. The molecule has 1 heterocycles. The monoisotopic (exact) mass is 368 g/mol. The molecule has 144 valence electrons. The zero-order chi connectivity index (χ0) is 19.2. The summed E-state index contributed by atoms with van der Waals surface area (Å²) in [5, 5.41) is 2.93. The van der Waals surface area contributed by atoms with E-state index in [1.54, 1.807) is 18.1 Å². The van der Waals surface area contributed by atoms with E-state index in [2.05, 4.69) is 27.3 Å². The number of nitrogens with zero attached hydrogens (tertiary/aromatic N) is 3. The fraction of sp³-hybridized carbons (Fsp3) is 0.429. The van der Waals surface area contributed by atoms with E-state index in [0.29, 0.717) is 24.9 Å². The molecule has 1 aromatic carbocycles. The highest BCUT2D eigenvalue weighted by atomic mass is 16.5. The van der Waals surface area contributed by atoms with Crippen molar-refractivity contribution < 1.29 is 9.53 Å². The van der Waals surface area contributed by atoms with Crippen LogP contribution in [0, 0.1) is 5.92 Å². The van der Waals surface area contributed by atoms with Crippen LogP contribution in [-0.4, -0.2) is 43.7 Å². The van der Waals surface area contributed by atoms with Gasteiger partial charge in [-0.1, -0.05) is 18.2 Å². The Morgan fingerprint density at radius 2 is 1.81 bits per heavy atom. The van der Waals surface area contributed by atoms with Crippen molar-refractivity contribution in [3.8, 4) is 5.88 Å². The second-order valence-electron chi connectivity index (χ2n) is 7.33. The van der Waals surface area contributed by atoms with Gasteiger partial charge in [0.05, 0.1) is 6.61 Å². The predicted molar refractivity (Wildman–Crippen MR) is 107 cm³/mol. The van der Waals surface area contributed by atoms with Gasteiger partial charge < -0.3 is 19.9 Å². The van der Waals surface area contributed by atoms with Crippen molar-refractivity contribution in [1.82, 2.24) is 15.2 Å². The predicted octanol–water partition coefficient (Wildman–Crippen LogP) is 3.28. The number of rotatable bonds is 8. The van der Waals surface area contributed by atoms with Crippen LogP contribution >= 0.6 is 0 Å². The third-order valence-electron chi connectivity index (χ3n) is 4.62. The van der Waals surface area contributed by atoms with Gasteiger partial charge in [-0.3, -0.25) is 0 Å². The molecule has 1 aliphatic carbocycles. The maximum Gasteiger partial charge on any atom is 0.317 e. The van der Waals surface area contributed by atoms with Gasteiger partial charge in [-0.05, 0) is 42.0 Å². The number of amides is 2. The van der Waals surface area contributed by atoms with Crippen LogP contribution in [0.5, 0.6) is 5.88 Å². The first kappa shape index (κ1) is 19.0. The molecule has 2 aromatic rings. The fourth-order valence-corrected chi connectivity index (χ4v) is 2.65. The number of carbonyl (C=O) groups is 1. The number of anilines is 1. The molecule has 27 heavy (non-hydrogen) atoms. The largest absolute Gasteiger partial charge is 0.477 e. The molecule has 0 spiro atoms. The Labute approximate surface area is 161 Å². The van der Waals surface area contributed by atoms with E-state index in [4.69, 9.17) is 4.74 Å². The first-order valence-electron chi connectivity index (χ1n) is 9.34. The van der Waals surface area contributed by atoms with Crippen LogP contribution < -0.4 is 15.0 Å². The number of pyridine rings is 1. The Morgan fingerprint density at radius 1 is 1.11 bits per heavy atom. The van der Waals surface area contributed by atoms with Crippen molar-refractivity contribution in [2.45, 2.75) is 25.9 Å². The molecule has 1 saturated carbocycles. The molecular weight excluding hydrogens is 340 g/mol. The Hall–Kier alpha value is -2.76. The standard InChI is InChI=1S/C21H28N4O2/c1-24(2)19-9-6-16(7-10-19)14-25(3)21(26)23-13-18-8-11-20(22-12-18)27-15-17-4-5-17/h6-12,17H,4-5,13-15H2,1-3H3,(H,23,26). The number of hydrogen-bond acceptors (Lipinski definition) is 4. The molecule has 0 bridgehead atoms. The van der Waals surface area contributed by atoms with Crippen LogP contribution in [0.4, 0.5) is 10.5 Å². The van der Waals surface area contributed by atoms with E-state index >= 15 is 0 Å². The van der Waals surface area contributed by atoms with Gasteiger partial charge in [0.25, 0.3) is 0 Å². The Balaban J connectivity index is 1.43. The number of carbonyl (C=O) groups excluding carboxylic acids is 1. The SMILES string of the molecule is CN(Cc1ccc(N(C)C)cc1)C(=O)NCc1ccc(OCC2CC2)nc1. The number of nitrogens with one attached hydrogen (secondary N) is 1. The summed E-state index contributed by atoms with van der Waals surface area (Å²) in [5.41, 5.74) is 3.19. The minimum atomic E-state index is -0.110. The topological polar surface area (TPSA) is 57.7 Å². The quantitative estimate of drug-likeness (QED) is 0.777. The molecule has 6 nitrogen and oxygen atoms in total. The zero-order valence-corrected chi connectivity index (χ0v) is 16.3. The lowest BCUT2D eigenvalue weighted by Crippen LogP contribution is -2.36. The van der Waals surface area contributed by atoms with Gasteiger partial charge in [-0.2, -0.15) is 0 Å². The van der Waals surface area contributed by atoms with Gasteiger partial charge in [0.15, 0.2) is 0 Å². The summed E-state index contributed by atoms with van der Waals surface area (Å²) in [4.78, 5) is 20.3. The molecule has 1 aromatic heterocycles. The molecule has 0 aliphatic heterocycles. The lowest BCUT2D eigenvalue weighted by molar-refractivity contribution is 0.206. The van der Waals surface area contributed by atoms with Crippen molar-refractivity contribution in [2.24, 2.45) is 5.92 Å². The maximum absolute atomic E-state index is 12.3. The van der Waals surface area contributed by atoms with Crippen molar-refractivity contribution in [3.63, 3.8) is 0 Å². The minimum absolute atomic E-state index is 0.110. The molecule has 6 heteroatoms. The minimum Gasteiger partial charge on any atom is -0.477 e. The average Bonchev–Trinajstić information content (AvgIpc) is 3.50. The first-order valence-corrected chi connectivity index (χ1v) is 9.34. The highest BCUT2D eigenvalue weighted by molar-refractivity contribution is 5.73. The number of urea groups is 1. The third kappa shape index (κ3) is 5.88. The van der Waals surface area contributed by atoms with E-state index < -0.39 is 0 Å². The summed E-state index contributed by atoms with van der Waals surface area (Å²) in [6, 6.07) is 11.9. The summed E-state index contributed by atoms with van der Waals surface area (Å²) < 4.78 is 5.63. The molecule has 3 rings (SSSR count). The van der Waals surface area contributed by atoms with Gasteiger partial charge in [-0.15, -0.1) is 0 Å². The normalized spacial score (nSPS) is 13.1. The molecule has 0 saturated heterocycles. The molecule has 1 fully saturated rings. The number of ether oxygens (including phenoxy) is 1. The summed E-state index contributed by atoms with van der Waals surface area (Å²) >= 11 is 0. The number of aromatic nitrogens is 1. The second kappa shape index (κ2) is 8.75. The van der Waals surface area contributed by atoms with Gasteiger partial charge >= 0.3 is 6.03 Å². The van der Waals surface area contributed by atoms with Crippen LogP contribution in [0.25, 0.3) is 0 Å². The van der Waals surface area contributed by atoms with E-state index in [-0.39, 0.29) is 6.03 Å². The lowest BCUT2D eigenvalue weighted by atomic mass is 10.2. The van der Waals surface area contributed by atoms with E-state index in [1.807, 2.05) is 38.4 Å². The molecule has 0 atom stereocenters. The van der Waals surface area contributed by atoms with Crippen LogP contribution in [0.1, 0.15) is 24.0 Å². The van der Waals surface area contributed by atoms with Gasteiger partial charge in [-0.25, -0.2) is 9.78 Å². The fourth-order valence-electron chi connectivity index (χ4n) is 2.65. The van der Waals surface area contributed by atoms with Crippen molar-refractivity contribution in [1.29, 1.82) is 0 Å². The van der Waals surface area contributed by atoms with Crippen LogP contribution in [0.3, 0.4) is 0 Å². The Bertz CT molecular complexity index is 740. The van der Waals surface area contributed by atoms with E-state index in [9.17, 15) is 4.79 Å². The molecule has 2 amide bonds. The summed E-state index contributed by atoms with van der Waals surface area (Å²) in [5.74, 6) is 1.36. The molecule has 1 aliphatic rings. The van der Waals surface area contributed by atoms with Crippen LogP contribution in [0.15, 0.2) is 42.6 Å².